The number of nitrogens with zero attached hydrogens (tertiary/aromatic N) is 2. The zero-order valence-electron chi connectivity index (χ0n) is 25.1. The first-order chi connectivity index (χ1) is 21.2. The van der Waals surface area contributed by atoms with E-state index in [1.165, 1.54) is 25.3 Å². The number of benzene rings is 3. The van der Waals surface area contributed by atoms with Crippen molar-refractivity contribution in [2.24, 2.45) is 5.41 Å². The smallest absolute Gasteiger partial charge is 0.338 e. The Morgan fingerprint density at radius 2 is 1.93 bits per heavy atom. The number of fused-ring (bicyclic) bond motifs is 2. The Labute approximate surface area is 269 Å². The number of nitrogens with one attached hydrogen (secondary N) is 2. The van der Waals surface area contributed by atoms with Crippen molar-refractivity contribution in [2.45, 2.75) is 50.9 Å². The first kappa shape index (κ1) is 32.8. The molecule has 4 atom stereocenters. The van der Waals surface area contributed by atoms with Gasteiger partial charge in [0.2, 0.25) is 5.91 Å². The van der Waals surface area contributed by atoms with Crippen LogP contribution in [0.3, 0.4) is 0 Å². The number of hydrogen-bond acceptors (Lipinski definition) is 8. The van der Waals surface area contributed by atoms with E-state index in [9.17, 15) is 24.8 Å². The Morgan fingerprint density at radius 3 is 2.58 bits per heavy atom. The van der Waals surface area contributed by atoms with Crippen molar-refractivity contribution in [3.8, 4) is 0 Å². The van der Waals surface area contributed by atoms with Crippen LogP contribution in [0.2, 0.25) is 10.0 Å². The number of ether oxygens (including phenoxy) is 1. The number of anilines is 1. The van der Waals surface area contributed by atoms with E-state index in [1.807, 2.05) is 25.7 Å². The van der Waals surface area contributed by atoms with Gasteiger partial charge in [-0.2, -0.15) is 0 Å². The van der Waals surface area contributed by atoms with Gasteiger partial charge < -0.3 is 20.5 Å². The molecular weight excluding hydrogens is 626 g/mol. The van der Waals surface area contributed by atoms with Gasteiger partial charge in [0.25, 0.3) is 5.69 Å². The minimum Gasteiger partial charge on any atom is -0.465 e. The summed E-state index contributed by atoms with van der Waals surface area (Å²) < 4.78 is 20.8. The maximum absolute atomic E-state index is 16.1. The molecule has 45 heavy (non-hydrogen) atoms. The molecule has 0 aliphatic carbocycles. The summed E-state index contributed by atoms with van der Waals surface area (Å²) in [4.78, 5) is 39.8. The van der Waals surface area contributed by atoms with Crippen LogP contribution in [0, 0.1) is 21.3 Å². The van der Waals surface area contributed by atoms with Crippen LogP contribution >= 0.6 is 23.2 Å². The number of amides is 1. The Kier molecular flexibility index (Phi) is 8.96. The van der Waals surface area contributed by atoms with Crippen molar-refractivity contribution in [1.29, 1.82) is 0 Å². The summed E-state index contributed by atoms with van der Waals surface area (Å²) >= 11 is 12.6. The van der Waals surface area contributed by atoms with Crippen LogP contribution in [0.5, 0.6) is 0 Å². The number of likely N-dealkylation sites (tertiary alicyclic amines) is 1. The topological polar surface area (TPSA) is 134 Å². The highest BCUT2D eigenvalue weighted by Crippen LogP contribution is 2.58. The highest BCUT2D eigenvalue weighted by molar-refractivity contribution is 6.31. The number of aliphatic hydroxyl groups excluding tert-OH is 1. The Hall–Kier alpha value is -3.61. The van der Waals surface area contributed by atoms with Crippen LogP contribution in [0.25, 0.3) is 0 Å². The first-order valence-electron chi connectivity index (χ1n) is 14.3. The van der Waals surface area contributed by atoms with Crippen LogP contribution < -0.4 is 10.6 Å². The van der Waals surface area contributed by atoms with Crippen molar-refractivity contribution < 1.29 is 28.7 Å². The van der Waals surface area contributed by atoms with E-state index < -0.39 is 52.8 Å². The maximum Gasteiger partial charge on any atom is 0.338 e. The summed E-state index contributed by atoms with van der Waals surface area (Å²) in [5.41, 5.74) is -0.825. The minimum atomic E-state index is -1.52. The standard InChI is InChI=1S/C32H33Cl2FN4O6/c1-31(2,3)16-38-25(15-40)28(36-14-18-9-8-17(29(41)45-4)12-24(18)39(43)44)26(20-6-5-7-22(34)27(20)35)32(38)21-11-10-19(33)13-23(21)37-30(32)42/h5-13,25-26,28,36,40H,14-16H2,1-4H3,(H,37,42)/t25?,26-,28+,32+/m0/s1. The second-order valence-electron chi connectivity index (χ2n) is 12.5. The molecule has 0 aromatic heterocycles. The van der Waals surface area contributed by atoms with Gasteiger partial charge in [-0.25, -0.2) is 9.18 Å². The molecule has 3 aromatic carbocycles. The minimum absolute atomic E-state index is 0.00845. The molecule has 13 heteroatoms. The fourth-order valence-corrected chi connectivity index (χ4v) is 7.11. The lowest BCUT2D eigenvalue weighted by Crippen LogP contribution is -2.55. The number of carbonyl (C=O) groups excluding carboxylic acids is 2. The molecule has 1 unspecified atom stereocenters. The van der Waals surface area contributed by atoms with Crippen LogP contribution in [0.15, 0.2) is 54.6 Å². The molecule has 1 spiro atoms. The summed E-state index contributed by atoms with van der Waals surface area (Å²) in [5, 5.41) is 29.5. The van der Waals surface area contributed by atoms with Crippen molar-refractivity contribution >= 4 is 46.5 Å². The van der Waals surface area contributed by atoms with Gasteiger partial charge in [-0.3, -0.25) is 19.8 Å². The third-order valence-corrected chi connectivity index (χ3v) is 8.97. The fourth-order valence-electron chi connectivity index (χ4n) is 6.76. The Morgan fingerprint density at radius 1 is 1.20 bits per heavy atom. The number of esters is 1. The number of methoxy groups -OCH3 is 1. The van der Waals surface area contributed by atoms with Crippen molar-refractivity contribution in [3.05, 3.63) is 103 Å². The van der Waals surface area contributed by atoms with Gasteiger partial charge in [0.1, 0.15) is 11.4 Å². The molecule has 0 bridgehead atoms. The SMILES string of the molecule is COC(=O)c1ccc(CN[C@@H]2C(CO)N(CC(C)(C)C)[C@@]3(C(=O)Nc4cc(Cl)ccc43)[C@H]2c2cccc(Cl)c2F)c([N+](=O)[O-])c1. The molecule has 238 valence electrons. The summed E-state index contributed by atoms with van der Waals surface area (Å²) in [6.07, 6.45) is 0. The molecule has 2 heterocycles. The van der Waals surface area contributed by atoms with Crippen molar-refractivity contribution in [2.75, 3.05) is 25.6 Å². The molecule has 1 amide bonds. The highest BCUT2D eigenvalue weighted by Gasteiger charge is 2.67. The summed E-state index contributed by atoms with van der Waals surface area (Å²) in [7, 11) is 1.18. The second-order valence-corrected chi connectivity index (χ2v) is 13.3. The van der Waals surface area contributed by atoms with E-state index >= 15 is 4.39 Å². The van der Waals surface area contributed by atoms with Gasteiger partial charge in [-0.1, -0.05) is 68.2 Å². The lowest BCUT2D eigenvalue weighted by atomic mass is 9.73. The van der Waals surface area contributed by atoms with Gasteiger partial charge in [0.05, 0.1) is 35.3 Å². The van der Waals surface area contributed by atoms with Crippen LogP contribution in [-0.2, 0) is 21.6 Å². The van der Waals surface area contributed by atoms with E-state index in [4.69, 9.17) is 27.9 Å². The average Bonchev–Trinajstić information content (AvgIpc) is 3.41. The number of carbonyl (C=O) groups is 2. The Bertz CT molecular complexity index is 1680. The molecular formula is C32H33Cl2FN4O6. The van der Waals surface area contributed by atoms with E-state index in [0.717, 1.165) is 6.07 Å². The van der Waals surface area contributed by atoms with Crippen LogP contribution in [0.1, 0.15) is 53.7 Å². The largest absolute Gasteiger partial charge is 0.465 e. The summed E-state index contributed by atoms with van der Waals surface area (Å²) in [6, 6.07) is 12.0. The second kappa shape index (κ2) is 12.3. The predicted molar refractivity (Wildman–Crippen MR) is 168 cm³/mol. The number of hydrogen-bond donors (Lipinski definition) is 3. The van der Waals surface area contributed by atoms with E-state index in [0.29, 0.717) is 22.8 Å². The molecule has 10 nitrogen and oxygen atoms in total. The van der Waals surface area contributed by atoms with E-state index in [1.54, 1.807) is 30.3 Å². The number of halogens is 3. The van der Waals surface area contributed by atoms with Crippen LogP contribution in [0.4, 0.5) is 15.8 Å². The average molecular weight is 660 g/mol. The van der Waals surface area contributed by atoms with Crippen molar-refractivity contribution in [3.63, 3.8) is 0 Å². The number of nitro benzene ring substituents is 1. The highest BCUT2D eigenvalue weighted by atomic mass is 35.5. The number of aliphatic hydroxyl groups is 1. The van der Waals surface area contributed by atoms with Gasteiger partial charge >= 0.3 is 5.97 Å². The molecule has 2 aliphatic rings. The first-order valence-corrected chi connectivity index (χ1v) is 15.0. The monoisotopic (exact) mass is 658 g/mol. The van der Waals surface area contributed by atoms with E-state index in [-0.39, 0.29) is 39.4 Å². The molecule has 1 saturated heterocycles. The van der Waals surface area contributed by atoms with Crippen molar-refractivity contribution in [1.82, 2.24) is 10.2 Å². The molecule has 3 N–H and O–H groups in total. The lowest BCUT2D eigenvalue weighted by molar-refractivity contribution is -0.385. The molecule has 0 radical (unpaired) electrons. The van der Waals surface area contributed by atoms with Crippen LogP contribution in [-0.4, -0.2) is 59.2 Å². The fraction of sp³-hybridized carbons (Fsp3) is 0.375. The molecule has 0 saturated carbocycles. The van der Waals surface area contributed by atoms with Gasteiger partial charge in [-0.05, 0) is 35.2 Å². The molecule has 2 aliphatic heterocycles. The van der Waals surface area contributed by atoms with E-state index in [2.05, 4.69) is 10.6 Å². The zero-order valence-corrected chi connectivity index (χ0v) is 26.6. The third kappa shape index (κ3) is 5.68. The lowest BCUT2D eigenvalue weighted by Gasteiger charge is -2.42. The normalized spacial score (nSPS) is 22.8. The van der Waals surface area contributed by atoms with Gasteiger partial charge in [0, 0.05) is 53.0 Å². The quantitative estimate of drug-likeness (QED) is 0.161. The summed E-state index contributed by atoms with van der Waals surface area (Å²) in [5.74, 6) is -2.83. The van der Waals surface area contributed by atoms with Gasteiger partial charge in [-0.15, -0.1) is 0 Å². The molecule has 1 fully saturated rings. The summed E-state index contributed by atoms with van der Waals surface area (Å²) in [6.45, 7) is 5.77. The molecule has 5 rings (SSSR count). The number of nitro groups is 1. The Balaban J connectivity index is 1.72. The zero-order chi connectivity index (χ0) is 32.8. The number of rotatable bonds is 8. The maximum atomic E-state index is 16.1. The third-order valence-electron chi connectivity index (χ3n) is 8.44. The molecule has 3 aromatic rings. The van der Waals surface area contributed by atoms with Gasteiger partial charge in [0.15, 0.2) is 0 Å². The predicted octanol–water partition coefficient (Wildman–Crippen LogP) is 5.64.